The number of hydrogen-bond donors (Lipinski definition) is 0. The van der Waals surface area contributed by atoms with Gasteiger partial charge in [0.15, 0.2) is 5.69 Å². The molecule has 164 valence electrons. The van der Waals surface area contributed by atoms with Crippen molar-refractivity contribution in [2.24, 2.45) is 0 Å². The van der Waals surface area contributed by atoms with Crippen LogP contribution in [0, 0.1) is 6.57 Å². The first-order valence-electron chi connectivity index (χ1n) is 10.7. The fraction of sp³-hybridized carbons (Fsp3) is 0.269. The molecule has 0 radical (unpaired) electrons. The summed E-state index contributed by atoms with van der Waals surface area (Å²) >= 11 is 18.9. The van der Waals surface area contributed by atoms with Crippen LogP contribution in [0.2, 0.25) is 15.1 Å². The molecule has 1 fully saturated rings. The van der Waals surface area contributed by atoms with Crippen molar-refractivity contribution in [3.8, 4) is 0 Å². The number of anilines is 1. The van der Waals surface area contributed by atoms with Crippen LogP contribution in [0.5, 0.6) is 0 Å². The molecule has 0 unspecified atom stereocenters. The highest BCUT2D eigenvalue weighted by Gasteiger charge is 2.33. The molecule has 0 spiro atoms. The third-order valence-electron chi connectivity index (χ3n) is 6.12. The second-order valence-electron chi connectivity index (χ2n) is 7.98. The van der Waals surface area contributed by atoms with Crippen LogP contribution in [0.4, 0.5) is 11.4 Å². The molecule has 0 amide bonds. The highest BCUT2D eigenvalue weighted by molar-refractivity contribution is 6.36. The quantitative estimate of drug-likeness (QED) is 0.338. The maximum atomic E-state index is 7.21. The van der Waals surface area contributed by atoms with Gasteiger partial charge in [0.1, 0.15) is 0 Å². The van der Waals surface area contributed by atoms with Gasteiger partial charge in [-0.2, -0.15) is 0 Å². The van der Waals surface area contributed by atoms with Crippen molar-refractivity contribution in [3.05, 3.63) is 104 Å². The molecule has 3 aromatic carbocycles. The summed E-state index contributed by atoms with van der Waals surface area (Å²) in [4.78, 5) is 8.43. The molecule has 1 heterocycles. The number of hydrogen-bond acceptors (Lipinski definition) is 2. The van der Waals surface area contributed by atoms with Gasteiger partial charge in [0.2, 0.25) is 0 Å². The van der Waals surface area contributed by atoms with Gasteiger partial charge in [-0.25, -0.2) is 4.85 Å². The molecule has 0 N–H and O–H groups in total. The zero-order chi connectivity index (χ0) is 22.7. The number of nitrogens with zero attached hydrogens (tertiary/aromatic N) is 3. The van der Waals surface area contributed by atoms with Gasteiger partial charge in [-0.15, -0.1) is 0 Å². The van der Waals surface area contributed by atoms with Crippen LogP contribution in [-0.2, 0) is 0 Å². The molecule has 0 aromatic heterocycles. The van der Waals surface area contributed by atoms with Gasteiger partial charge < -0.3 is 4.90 Å². The molecule has 3 aromatic rings. The molecule has 0 saturated carbocycles. The largest absolute Gasteiger partial charge is 0.361 e. The second-order valence-corrected chi connectivity index (χ2v) is 9.26. The van der Waals surface area contributed by atoms with E-state index in [9.17, 15) is 0 Å². The first-order chi connectivity index (χ1) is 15.5. The van der Waals surface area contributed by atoms with E-state index >= 15 is 0 Å². The van der Waals surface area contributed by atoms with Gasteiger partial charge in [0.05, 0.1) is 23.3 Å². The van der Waals surface area contributed by atoms with Crippen molar-refractivity contribution >= 4 is 46.2 Å². The van der Waals surface area contributed by atoms with Crippen molar-refractivity contribution in [1.82, 2.24) is 4.90 Å². The first-order valence-corrected chi connectivity index (χ1v) is 11.8. The molecule has 1 aliphatic heterocycles. The van der Waals surface area contributed by atoms with Crippen LogP contribution in [0.15, 0.2) is 66.7 Å². The number of halogens is 3. The van der Waals surface area contributed by atoms with E-state index in [-0.39, 0.29) is 12.1 Å². The summed E-state index contributed by atoms with van der Waals surface area (Å²) in [7, 11) is 0. The Balaban J connectivity index is 1.67. The Morgan fingerprint density at radius 1 is 0.938 bits per heavy atom. The van der Waals surface area contributed by atoms with E-state index in [0.29, 0.717) is 15.7 Å². The normalized spacial score (nSPS) is 17.7. The third kappa shape index (κ3) is 4.90. The second kappa shape index (κ2) is 10.1. The molecule has 3 nitrogen and oxygen atoms in total. The summed E-state index contributed by atoms with van der Waals surface area (Å²) in [5.74, 6) is 0. The molecule has 0 bridgehead atoms. The van der Waals surface area contributed by atoms with Crippen LogP contribution >= 0.6 is 34.8 Å². The first kappa shape index (κ1) is 23.0. The molecule has 1 saturated heterocycles. The summed E-state index contributed by atoms with van der Waals surface area (Å²) in [5.41, 5.74) is 4.10. The van der Waals surface area contributed by atoms with Crippen molar-refractivity contribution < 1.29 is 0 Å². The van der Waals surface area contributed by atoms with Crippen LogP contribution in [0.3, 0.4) is 0 Å². The molecule has 2 atom stereocenters. The minimum atomic E-state index is 0.122. The number of rotatable bonds is 5. The summed E-state index contributed by atoms with van der Waals surface area (Å²) < 4.78 is 0. The van der Waals surface area contributed by atoms with E-state index in [1.165, 1.54) is 11.1 Å². The Hall–Kier alpha value is -2.22. The van der Waals surface area contributed by atoms with Crippen LogP contribution < -0.4 is 4.90 Å². The summed E-state index contributed by atoms with van der Waals surface area (Å²) in [6.07, 6.45) is 0.992. The monoisotopic (exact) mass is 483 g/mol. The van der Waals surface area contributed by atoms with Gasteiger partial charge in [0, 0.05) is 35.7 Å². The fourth-order valence-electron chi connectivity index (χ4n) is 4.54. The standard InChI is InChI=1S/C26H24Cl3N3/c1-3-24(18-6-11-22(30-2)12-7-18)31-14-15-32(25-13-10-21(28)16-23(25)29)26(17-31)19-4-8-20(27)9-5-19/h4-13,16,24,26H,3,14-15,17H2,1H3/t24-,26+/m1/s1. The van der Waals surface area contributed by atoms with E-state index in [0.717, 1.165) is 36.8 Å². The van der Waals surface area contributed by atoms with Crippen molar-refractivity contribution in [1.29, 1.82) is 0 Å². The molecule has 0 aliphatic carbocycles. The van der Waals surface area contributed by atoms with E-state index in [4.69, 9.17) is 41.4 Å². The zero-order valence-corrected chi connectivity index (χ0v) is 20.1. The van der Waals surface area contributed by atoms with Crippen LogP contribution in [0.25, 0.3) is 4.85 Å². The number of benzene rings is 3. The lowest BCUT2D eigenvalue weighted by atomic mass is 9.96. The van der Waals surface area contributed by atoms with Gasteiger partial charge in [-0.1, -0.05) is 78.1 Å². The molecule has 6 heteroatoms. The zero-order valence-electron chi connectivity index (χ0n) is 17.8. The van der Waals surface area contributed by atoms with Crippen molar-refractivity contribution in [3.63, 3.8) is 0 Å². The number of piperazine rings is 1. The third-order valence-corrected chi connectivity index (χ3v) is 6.91. The van der Waals surface area contributed by atoms with Crippen molar-refractivity contribution in [2.45, 2.75) is 25.4 Å². The molecular weight excluding hydrogens is 461 g/mol. The predicted molar refractivity (Wildman–Crippen MR) is 135 cm³/mol. The fourth-order valence-corrected chi connectivity index (χ4v) is 5.18. The SMILES string of the molecule is [C-]#[N+]c1ccc([C@@H](CC)N2CCN(c3ccc(Cl)cc3Cl)[C@H](c3ccc(Cl)cc3)C2)cc1. The maximum Gasteiger partial charge on any atom is 0.187 e. The summed E-state index contributed by atoms with van der Waals surface area (Å²) in [6.45, 7) is 12.0. The molecule has 4 rings (SSSR count). The highest BCUT2D eigenvalue weighted by Crippen LogP contribution is 2.39. The lowest BCUT2D eigenvalue weighted by Gasteiger charge is -2.46. The smallest absolute Gasteiger partial charge is 0.187 e. The average Bonchev–Trinajstić information content (AvgIpc) is 2.81. The Bertz CT molecular complexity index is 1110. The van der Waals surface area contributed by atoms with E-state index in [1.54, 1.807) is 6.07 Å². The average molecular weight is 485 g/mol. The molecule has 32 heavy (non-hydrogen) atoms. The predicted octanol–water partition coefficient (Wildman–Crippen LogP) is 8.21. The lowest BCUT2D eigenvalue weighted by molar-refractivity contribution is 0.156. The lowest BCUT2D eigenvalue weighted by Crippen LogP contribution is -2.49. The summed E-state index contributed by atoms with van der Waals surface area (Å²) in [5, 5.41) is 2.02. The minimum absolute atomic E-state index is 0.122. The van der Waals surface area contributed by atoms with Crippen LogP contribution in [0.1, 0.15) is 36.6 Å². The molecular formula is C26H24Cl3N3. The topological polar surface area (TPSA) is 10.8 Å². The summed E-state index contributed by atoms with van der Waals surface area (Å²) in [6, 6.07) is 22.2. The van der Waals surface area contributed by atoms with Gasteiger partial charge in [0.25, 0.3) is 0 Å². The Morgan fingerprint density at radius 3 is 2.25 bits per heavy atom. The van der Waals surface area contributed by atoms with E-state index < -0.39 is 0 Å². The minimum Gasteiger partial charge on any atom is -0.361 e. The molecule has 1 aliphatic rings. The van der Waals surface area contributed by atoms with Gasteiger partial charge in [-0.3, -0.25) is 4.90 Å². The van der Waals surface area contributed by atoms with E-state index in [1.807, 2.05) is 36.4 Å². The Kier molecular flexibility index (Phi) is 7.28. The maximum absolute atomic E-state index is 7.21. The van der Waals surface area contributed by atoms with Gasteiger partial charge in [-0.05, 0) is 47.9 Å². The van der Waals surface area contributed by atoms with Gasteiger partial charge >= 0.3 is 0 Å². The van der Waals surface area contributed by atoms with Crippen molar-refractivity contribution in [2.75, 3.05) is 24.5 Å². The Labute approximate surface area is 204 Å². The van der Waals surface area contributed by atoms with E-state index in [2.05, 4.69) is 45.8 Å². The Morgan fingerprint density at radius 2 is 1.62 bits per heavy atom. The highest BCUT2D eigenvalue weighted by atomic mass is 35.5. The van der Waals surface area contributed by atoms with Crippen LogP contribution in [-0.4, -0.2) is 24.5 Å².